The molecular weight excluding hydrogens is 311 g/mol. The second-order valence-corrected chi connectivity index (χ2v) is 7.92. The smallest absolute Gasteiger partial charge is 0.253 e. The Balaban J connectivity index is 1.76. The predicted octanol–water partition coefficient (Wildman–Crippen LogP) is 3.25. The average Bonchev–Trinajstić information content (AvgIpc) is 2.89. The van der Waals surface area contributed by atoms with Gasteiger partial charge in [-0.25, -0.2) is 4.39 Å². The van der Waals surface area contributed by atoms with Gasteiger partial charge < -0.3 is 9.80 Å². The molecule has 0 bridgehead atoms. The highest BCUT2D eigenvalue weighted by Gasteiger charge is 2.41. The molecule has 2 aliphatic heterocycles. The number of hydrogen-bond donors (Lipinski definition) is 0. The van der Waals surface area contributed by atoms with Gasteiger partial charge in [-0.2, -0.15) is 11.8 Å². The first-order valence-corrected chi connectivity index (χ1v) is 9.68. The molecule has 23 heavy (non-hydrogen) atoms. The van der Waals surface area contributed by atoms with Crippen LogP contribution in [0.25, 0.3) is 0 Å². The third-order valence-corrected chi connectivity index (χ3v) is 5.77. The fourth-order valence-corrected chi connectivity index (χ4v) is 4.56. The summed E-state index contributed by atoms with van der Waals surface area (Å²) in [5.41, 5.74) is 1.51. The monoisotopic (exact) mass is 336 g/mol. The van der Waals surface area contributed by atoms with Crippen molar-refractivity contribution >= 4 is 17.7 Å². The van der Waals surface area contributed by atoms with E-state index >= 15 is 0 Å². The zero-order valence-corrected chi connectivity index (χ0v) is 14.8. The van der Waals surface area contributed by atoms with Gasteiger partial charge in [-0.3, -0.25) is 4.79 Å². The van der Waals surface area contributed by atoms with Gasteiger partial charge in [-0.15, -0.1) is 0 Å². The number of rotatable bonds is 3. The average molecular weight is 336 g/mol. The van der Waals surface area contributed by atoms with Crippen LogP contribution in [0.2, 0.25) is 0 Å². The van der Waals surface area contributed by atoms with Gasteiger partial charge in [-0.1, -0.05) is 0 Å². The Kier molecular flexibility index (Phi) is 4.97. The second-order valence-electron chi connectivity index (χ2n) is 7.06. The predicted molar refractivity (Wildman–Crippen MR) is 93.3 cm³/mol. The van der Waals surface area contributed by atoms with Crippen LogP contribution in [0.15, 0.2) is 18.2 Å². The van der Waals surface area contributed by atoms with Crippen LogP contribution in [0, 0.1) is 11.2 Å². The molecular formula is C18H25FN2OS. The molecule has 2 heterocycles. The summed E-state index contributed by atoms with van der Waals surface area (Å²) in [7, 11) is 2.16. The van der Waals surface area contributed by atoms with E-state index in [2.05, 4.69) is 11.9 Å². The summed E-state index contributed by atoms with van der Waals surface area (Å²) >= 11 is 1.57. The zero-order valence-electron chi connectivity index (χ0n) is 14.0. The Bertz CT molecular complexity index is 590. The summed E-state index contributed by atoms with van der Waals surface area (Å²) in [6.45, 7) is 3.86. The minimum absolute atomic E-state index is 0.0565. The summed E-state index contributed by atoms with van der Waals surface area (Å²) in [6.07, 6.45) is 5.40. The van der Waals surface area contributed by atoms with E-state index in [9.17, 15) is 9.18 Å². The lowest BCUT2D eigenvalue weighted by Gasteiger charge is -2.40. The lowest BCUT2D eigenvalue weighted by Crippen LogP contribution is -2.47. The topological polar surface area (TPSA) is 23.6 Å². The van der Waals surface area contributed by atoms with Gasteiger partial charge >= 0.3 is 0 Å². The van der Waals surface area contributed by atoms with Gasteiger partial charge in [0, 0.05) is 36.4 Å². The van der Waals surface area contributed by atoms with E-state index in [0.29, 0.717) is 16.9 Å². The van der Waals surface area contributed by atoms with Gasteiger partial charge in [0.2, 0.25) is 0 Å². The molecule has 1 aromatic carbocycles. The summed E-state index contributed by atoms with van der Waals surface area (Å²) in [4.78, 5) is 17.2. The van der Waals surface area contributed by atoms with Crippen LogP contribution in [-0.4, -0.2) is 55.2 Å². The molecule has 2 aliphatic rings. The van der Waals surface area contributed by atoms with E-state index in [4.69, 9.17) is 0 Å². The van der Waals surface area contributed by atoms with Crippen LogP contribution in [0.5, 0.6) is 0 Å². The molecule has 0 radical (unpaired) electrons. The first-order valence-electron chi connectivity index (χ1n) is 8.28. The lowest BCUT2D eigenvalue weighted by atomic mass is 9.79. The van der Waals surface area contributed by atoms with Gasteiger partial charge in [0.25, 0.3) is 5.91 Å². The molecule has 0 saturated carbocycles. The summed E-state index contributed by atoms with van der Waals surface area (Å²) in [6, 6.07) is 4.79. The highest BCUT2D eigenvalue weighted by atomic mass is 32.2. The van der Waals surface area contributed by atoms with Gasteiger partial charge in [0.05, 0.1) is 0 Å². The van der Waals surface area contributed by atoms with Crippen molar-refractivity contribution in [3.63, 3.8) is 0 Å². The quantitative estimate of drug-likeness (QED) is 0.846. The number of carbonyl (C=O) groups excluding carboxylic acids is 1. The van der Waals surface area contributed by atoms with Crippen LogP contribution in [-0.2, 0) is 5.75 Å². The Morgan fingerprint density at radius 3 is 2.83 bits per heavy atom. The van der Waals surface area contributed by atoms with Crippen molar-refractivity contribution in [3.8, 4) is 0 Å². The number of nitrogens with zero attached hydrogens (tertiary/aromatic N) is 2. The molecule has 3 rings (SSSR count). The molecule has 3 nitrogen and oxygen atoms in total. The van der Waals surface area contributed by atoms with Crippen LogP contribution >= 0.6 is 11.8 Å². The third-order valence-electron chi connectivity index (χ3n) is 5.17. The van der Waals surface area contributed by atoms with E-state index < -0.39 is 0 Å². The number of hydrogen-bond acceptors (Lipinski definition) is 3. The van der Waals surface area contributed by atoms with Crippen LogP contribution in [0.1, 0.15) is 35.2 Å². The molecule has 2 fully saturated rings. The maximum atomic E-state index is 13.8. The molecule has 5 heteroatoms. The minimum Gasteiger partial charge on any atom is -0.338 e. The molecule has 1 atom stereocenters. The van der Waals surface area contributed by atoms with E-state index in [1.54, 1.807) is 23.9 Å². The Morgan fingerprint density at radius 2 is 2.13 bits per heavy atom. The van der Waals surface area contributed by atoms with Crippen molar-refractivity contribution in [2.45, 2.75) is 25.0 Å². The maximum absolute atomic E-state index is 13.8. The van der Waals surface area contributed by atoms with Crippen molar-refractivity contribution in [2.24, 2.45) is 5.41 Å². The zero-order chi connectivity index (χ0) is 16.4. The van der Waals surface area contributed by atoms with Crippen LogP contribution < -0.4 is 0 Å². The van der Waals surface area contributed by atoms with E-state index in [-0.39, 0.29) is 17.1 Å². The summed E-state index contributed by atoms with van der Waals surface area (Å²) in [5, 5.41) is 0. The van der Waals surface area contributed by atoms with Crippen LogP contribution in [0.3, 0.4) is 0 Å². The molecule has 126 valence electrons. The molecule has 1 amide bonds. The number of likely N-dealkylation sites (tertiary alicyclic amines) is 2. The summed E-state index contributed by atoms with van der Waals surface area (Å²) < 4.78 is 13.8. The molecule has 1 spiro atoms. The molecule has 1 unspecified atom stereocenters. The second kappa shape index (κ2) is 6.81. The fraction of sp³-hybridized carbons (Fsp3) is 0.611. The van der Waals surface area contributed by atoms with Crippen LogP contribution in [0.4, 0.5) is 4.39 Å². The maximum Gasteiger partial charge on any atom is 0.253 e. The number of piperidine rings is 1. The highest BCUT2D eigenvalue weighted by molar-refractivity contribution is 7.97. The third kappa shape index (κ3) is 3.56. The number of benzene rings is 1. The molecule has 0 N–H and O–H groups in total. The Labute approximate surface area is 142 Å². The van der Waals surface area contributed by atoms with E-state index in [0.717, 1.165) is 32.6 Å². The molecule has 0 aromatic heterocycles. The fourth-order valence-electron chi connectivity index (χ4n) is 4.03. The normalized spacial score (nSPS) is 25.3. The Morgan fingerprint density at radius 1 is 1.30 bits per heavy atom. The van der Waals surface area contributed by atoms with Crippen molar-refractivity contribution in [2.75, 3.05) is 39.5 Å². The first-order chi connectivity index (χ1) is 11.0. The first kappa shape index (κ1) is 16.8. The lowest BCUT2D eigenvalue weighted by molar-refractivity contribution is 0.0534. The molecule has 1 aromatic rings. The molecule has 0 aliphatic carbocycles. The van der Waals surface area contributed by atoms with Crippen molar-refractivity contribution in [3.05, 3.63) is 35.1 Å². The number of thioether (sulfide) groups is 1. The van der Waals surface area contributed by atoms with Crippen molar-refractivity contribution < 1.29 is 9.18 Å². The largest absolute Gasteiger partial charge is 0.338 e. The molecule has 2 saturated heterocycles. The number of amides is 1. The highest BCUT2D eigenvalue weighted by Crippen LogP contribution is 2.38. The SMILES string of the molecule is CSCc1cc(C(=O)N2CCCC3(CCN(C)C3)C2)ccc1F. The number of halogens is 1. The Hall–Kier alpha value is -1.07. The van der Waals surface area contributed by atoms with Gasteiger partial charge in [0.15, 0.2) is 0 Å². The van der Waals surface area contributed by atoms with Gasteiger partial charge in [-0.05, 0) is 62.9 Å². The minimum atomic E-state index is -0.219. The standard InChI is InChI=1S/C18H25FN2OS/c1-20-9-7-18(12-20)6-3-8-21(13-18)17(22)14-4-5-16(19)15(10-14)11-23-2/h4-5,10H,3,6-9,11-13H2,1-2H3. The number of carbonyl (C=O) groups is 1. The van der Waals surface area contributed by atoms with Crippen molar-refractivity contribution in [1.29, 1.82) is 0 Å². The van der Waals surface area contributed by atoms with Crippen molar-refractivity contribution in [1.82, 2.24) is 9.80 Å². The van der Waals surface area contributed by atoms with E-state index in [1.807, 2.05) is 11.2 Å². The van der Waals surface area contributed by atoms with E-state index in [1.165, 1.54) is 18.9 Å². The van der Waals surface area contributed by atoms with Gasteiger partial charge in [0.1, 0.15) is 5.82 Å². The summed E-state index contributed by atoms with van der Waals surface area (Å²) in [5.74, 6) is 0.436.